The summed E-state index contributed by atoms with van der Waals surface area (Å²) in [7, 11) is 1.77. The highest BCUT2D eigenvalue weighted by molar-refractivity contribution is 5.09. The molecule has 0 amide bonds. The summed E-state index contributed by atoms with van der Waals surface area (Å²) >= 11 is 0. The zero-order chi connectivity index (χ0) is 13.3. The summed E-state index contributed by atoms with van der Waals surface area (Å²) in [6, 6.07) is 4.86. The summed E-state index contributed by atoms with van der Waals surface area (Å²) in [5, 5.41) is 3.57. The molecule has 0 saturated carbocycles. The van der Waals surface area contributed by atoms with Crippen LogP contribution < -0.4 is 5.32 Å². The Bertz CT molecular complexity index is 339. The first-order valence-corrected chi connectivity index (χ1v) is 7.22. The molecule has 2 heterocycles. The molecule has 106 valence electrons. The molecule has 1 atom stereocenters. The van der Waals surface area contributed by atoms with Crippen molar-refractivity contribution < 1.29 is 4.74 Å². The van der Waals surface area contributed by atoms with Crippen molar-refractivity contribution in [2.75, 3.05) is 39.9 Å². The molecule has 0 spiro atoms. The van der Waals surface area contributed by atoms with Crippen molar-refractivity contribution in [2.45, 2.75) is 25.3 Å². The molecule has 1 N–H and O–H groups in total. The van der Waals surface area contributed by atoms with Crippen LogP contribution in [0, 0.1) is 0 Å². The summed E-state index contributed by atoms with van der Waals surface area (Å²) in [5.74, 6) is 0. The largest absolute Gasteiger partial charge is 0.383 e. The van der Waals surface area contributed by atoms with Crippen molar-refractivity contribution in [1.82, 2.24) is 15.2 Å². The smallest absolute Gasteiger partial charge is 0.0589 e. The van der Waals surface area contributed by atoms with Crippen molar-refractivity contribution in [3.8, 4) is 0 Å². The highest BCUT2D eigenvalue weighted by atomic mass is 16.5. The van der Waals surface area contributed by atoms with Crippen molar-refractivity contribution >= 4 is 0 Å². The Hall–Kier alpha value is -0.970. The molecule has 1 saturated heterocycles. The Kier molecular flexibility index (Phi) is 6.27. The highest BCUT2D eigenvalue weighted by Gasteiger charge is 2.17. The van der Waals surface area contributed by atoms with Crippen molar-refractivity contribution in [3.63, 3.8) is 0 Å². The van der Waals surface area contributed by atoms with E-state index in [9.17, 15) is 0 Å². The summed E-state index contributed by atoms with van der Waals surface area (Å²) in [5.41, 5.74) is 1.36. The molecule has 1 aromatic rings. The van der Waals surface area contributed by atoms with E-state index in [-0.39, 0.29) is 0 Å². The summed E-state index contributed by atoms with van der Waals surface area (Å²) < 4.78 is 5.22. The van der Waals surface area contributed by atoms with Gasteiger partial charge in [0.25, 0.3) is 0 Å². The van der Waals surface area contributed by atoms with Gasteiger partial charge in [-0.2, -0.15) is 0 Å². The molecule has 19 heavy (non-hydrogen) atoms. The van der Waals surface area contributed by atoms with Gasteiger partial charge in [0.1, 0.15) is 0 Å². The standard InChI is InChI=1S/C15H25N3O/c1-19-12-11-18(13-15-3-2-7-17-15)10-6-14-4-8-16-9-5-14/h4-5,8-9,15,17H,2-3,6-7,10-13H2,1H3. The number of methoxy groups -OCH3 is 1. The Morgan fingerprint density at radius 2 is 2.21 bits per heavy atom. The van der Waals surface area contributed by atoms with Crippen molar-refractivity contribution in [1.29, 1.82) is 0 Å². The average molecular weight is 263 g/mol. The zero-order valence-electron chi connectivity index (χ0n) is 11.8. The first-order chi connectivity index (χ1) is 9.38. The maximum Gasteiger partial charge on any atom is 0.0589 e. The topological polar surface area (TPSA) is 37.4 Å². The fraction of sp³-hybridized carbons (Fsp3) is 0.667. The third-order valence-electron chi connectivity index (χ3n) is 3.72. The minimum absolute atomic E-state index is 0.661. The van der Waals surface area contributed by atoms with Gasteiger partial charge in [0.15, 0.2) is 0 Å². The number of rotatable bonds is 8. The molecule has 0 radical (unpaired) electrons. The van der Waals surface area contributed by atoms with E-state index in [4.69, 9.17) is 4.74 Å². The SMILES string of the molecule is COCCN(CCc1ccncc1)CC1CCCN1. The highest BCUT2D eigenvalue weighted by Crippen LogP contribution is 2.08. The molecule has 0 bridgehead atoms. The van der Waals surface area contributed by atoms with Gasteiger partial charge in [0.05, 0.1) is 6.61 Å². The second kappa shape index (κ2) is 8.25. The third kappa shape index (κ3) is 5.27. The van der Waals surface area contributed by atoms with E-state index in [1.807, 2.05) is 12.4 Å². The van der Waals surface area contributed by atoms with Crippen molar-refractivity contribution in [3.05, 3.63) is 30.1 Å². The first-order valence-electron chi connectivity index (χ1n) is 7.22. The molecule has 4 heteroatoms. The number of hydrogen-bond donors (Lipinski definition) is 1. The van der Waals surface area contributed by atoms with E-state index in [2.05, 4.69) is 27.3 Å². The molecule has 0 aliphatic carbocycles. The van der Waals surface area contributed by atoms with Crippen LogP contribution in [-0.2, 0) is 11.2 Å². The Labute approximate surface area is 116 Å². The number of pyridine rings is 1. The lowest BCUT2D eigenvalue weighted by molar-refractivity contribution is 0.143. The van der Waals surface area contributed by atoms with Gasteiger partial charge in [-0.05, 0) is 43.5 Å². The quantitative estimate of drug-likeness (QED) is 0.768. The summed E-state index contributed by atoms with van der Waals surface area (Å²) in [6.07, 6.45) is 7.44. The van der Waals surface area contributed by atoms with Crippen LogP contribution in [-0.4, -0.2) is 55.8 Å². The lowest BCUT2D eigenvalue weighted by Crippen LogP contribution is -2.40. The third-order valence-corrected chi connectivity index (χ3v) is 3.72. The maximum atomic E-state index is 5.22. The normalized spacial score (nSPS) is 19.2. The van der Waals surface area contributed by atoms with E-state index < -0.39 is 0 Å². The molecule has 1 unspecified atom stereocenters. The van der Waals surface area contributed by atoms with Crippen LogP contribution >= 0.6 is 0 Å². The molecule has 1 aliphatic rings. The molecule has 1 fully saturated rings. The predicted molar refractivity (Wildman–Crippen MR) is 77.3 cm³/mol. The zero-order valence-corrected chi connectivity index (χ0v) is 11.8. The minimum Gasteiger partial charge on any atom is -0.383 e. The van der Waals surface area contributed by atoms with Crippen LogP contribution in [0.15, 0.2) is 24.5 Å². The van der Waals surface area contributed by atoms with E-state index >= 15 is 0 Å². The van der Waals surface area contributed by atoms with Crippen LogP contribution in [0.1, 0.15) is 18.4 Å². The van der Waals surface area contributed by atoms with E-state index in [1.54, 1.807) is 7.11 Å². The fourth-order valence-electron chi connectivity index (χ4n) is 2.58. The monoisotopic (exact) mass is 263 g/mol. The molecule has 1 aromatic heterocycles. The van der Waals surface area contributed by atoms with E-state index in [1.165, 1.54) is 24.9 Å². The summed E-state index contributed by atoms with van der Waals surface area (Å²) in [4.78, 5) is 6.57. The lowest BCUT2D eigenvalue weighted by Gasteiger charge is -2.25. The van der Waals surface area contributed by atoms with Gasteiger partial charge in [-0.1, -0.05) is 0 Å². The van der Waals surface area contributed by atoms with Gasteiger partial charge < -0.3 is 10.1 Å². The predicted octanol–water partition coefficient (Wildman–Crippen LogP) is 1.32. The van der Waals surface area contributed by atoms with Crippen LogP contribution in [0.3, 0.4) is 0 Å². The van der Waals surface area contributed by atoms with Gasteiger partial charge in [-0.15, -0.1) is 0 Å². The maximum absolute atomic E-state index is 5.22. The van der Waals surface area contributed by atoms with Gasteiger partial charge >= 0.3 is 0 Å². The van der Waals surface area contributed by atoms with Crippen LogP contribution in [0.25, 0.3) is 0 Å². The number of nitrogens with zero attached hydrogens (tertiary/aromatic N) is 2. The lowest BCUT2D eigenvalue weighted by atomic mass is 10.1. The molecular formula is C15H25N3O. The van der Waals surface area contributed by atoms with E-state index in [0.717, 1.165) is 32.7 Å². The number of hydrogen-bond acceptors (Lipinski definition) is 4. The number of ether oxygens (including phenoxy) is 1. The number of nitrogens with one attached hydrogen (secondary N) is 1. The van der Waals surface area contributed by atoms with Gasteiger partial charge in [-0.3, -0.25) is 9.88 Å². The Morgan fingerprint density at radius 1 is 1.37 bits per heavy atom. The van der Waals surface area contributed by atoms with Gasteiger partial charge in [0, 0.05) is 45.2 Å². The van der Waals surface area contributed by atoms with Crippen LogP contribution in [0.5, 0.6) is 0 Å². The summed E-state index contributed by atoms with van der Waals surface area (Å²) in [6.45, 7) is 5.22. The Balaban J connectivity index is 1.78. The molecular weight excluding hydrogens is 238 g/mol. The minimum atomic E-state index is 0.661. The Morgan fingerprint density at radius 3 is 2.89 bits per heavy atom. The number of aromatic nitrogens is 1. The van der Waals surface area contributed by atoms with Crippen LogP contribution in [0.4, 0.5) is 0 Å². The second-order valence-electron chi connectivity index (χ2n) is 5.19. The molecule has 0 aromatic carbocycles. The van der Waals surface area contributed by atoms with Crippen LogP contribution in [0.2, 0.25) is 0 Å². The van der Waals surface area contributed by atoms with Gasteiger partial charge in [-0.25, -0.2) is 0 Å². The molecule has 2 rings (SSSR count). The van der Waals surface area contributed by atoms with E-state index in [0.29, 0.717) is 6.04 Å². The fourth-order valence-corrected chi connectivity index (χ4v) is 2.58. The first kappa shape index (κ1) is 14.4. The molecule has 1 aliphatic heterocycles. The second-order valence-corrected chi connectivity index (χ2v) is 5.19. The molecule has 4 nitrogen and oxygen atoms in total. The van der Waals surface area contributed by atoms with Gasteiger partial charge in [0.2, 0.25) is 0 Å². The average Bonchev–Trinajstić information content (AvgIpc) is 2.96. The van der Waals surface area contributed by atoms with Crippen molar-refractivity contribution in [2.24, 2.45) is 0 Å².